The summed E-state index contributed by atoms with van der Waals surface area (Å²) in [6, 6.07) is 4.48. The lowest BCUT2D eigenvalue weighted by atomic mass is 10.0. The third-order valence-electron chi connectivity index (χ3n) is 5.71. The van der Waals surface area contributed by atoms with Gasteiger partial charge in [0, 0.05) is 28.8 Å². The number of amides is 2. The largest absolute Gasteiger partial charge is 0.477 e. The maximum absolute atomic E-state index is 13.2. The normalized spacial score (nSPS) is 19.4. The maximum atomic E-state index is 13.2. The summed E-state index contributed by atoms with van der Waals surface area (Å²) in [5.41, 5.74) is 4.45. The minimum atomic E-state index is -1.52. The summed E-state index contributed by atoms with van der Waals surface area (Å²) in [7, 11) is 1.19. The molecule has 0 aliphatic carbocycles. The van der Waals surface area contributed by atoms with Gasteiger partial charge in [0.15, 0.2) is 29.8 Å². The highest BCUT2D eigenvalue weighted by atomic mass is 32.2. The minimum absolute atomic E-state index is 0.0823. The highest BCUT2D eigenvalue weighted by Crippen LogP contribution is 2.40. The number of oxime groups is 1. The molecular weight excluding hydrogens is 536 g/mol. The first-order chi connectivity index (χ1) is 18.0. The number of carbonyl (C=O) groups excluding carboxylic acids is 3. The number of nitrogens with one attached hydrogen (secondary N) is 1. The lowest BCUT2D eigenvalue weighted by Gasteiger charge is -2.49. The van der Waals surface area contributed by atoms with Crippen molar-refractivity contribution in [3.8, 4) is 0 Å². The van der Waals surface area contributed by atoms with Crippen LogP contribution in [0.25, 0.3) is 0 Å². The second kappa shape index (κ2) is 10.8. The summed E-state index contributed by atoms with van der Waals surface area (Å²) in [4.78, 5) is 60.9. The van der Waals surface area contributed by atoms with Gasteiger partial charge in [0.05, 0.1) is 7.11 Å². The molecule has 0 saturated carbocycles. The highest BCUT2D eigenvalue weighted by Gasteiger charge is 2.55. The van der Waals surface area contributed by atoms with E-state index in [1.807, 2.05) is 22.8 Å². The minimum Gasteiger partial charge on any atom is -0.477 e. The molecule has 2 unspecified atom stereocenters. The number of thioether (sulfide) groups is 1. The molecule has 2 aliphatic heterocycles. The van der Waals surface area contributed by atoms with Gasteiger partial charge in [-0.05, 0) is 13.8 Å². The maximum Gasteiger partial charge on any atom is 0.352 e. The molecule has 2 atom stereocenters. The number of esters is 1. The van der Waals surface area contributed by atoms with Crippen molar-refractivity contribution >= 4 is 57.7 Å². The molecule has 38 heavy (non-hydrogen) atoms. The van der Waals surface area contributed by atoms with Crippen molar-refractivity contribution in [2.45, 2.75) is 37.4 Å². The molecule has 2 aromatic rings. The van der Waals surface area contributed by atoms with Gasteiger partial charge in [0.25, 0.3) is 11.8 Å². The van der Waals surface area contributed by atoms with E-state index in [0.717, 1.165) is 11.3 Å². The van der Waals surface area contributed by atoms with E-state index in [1.165, 1.54) is 43.0 Å². The zero-order valence-corrected chi connectivity index (χ0v) is 22.2. The summed E-state index contributed by atoms with van der Waals surface area (Å²) in [5, 5.41) is 17.4. The van der Waals surface area contributed by atoms with Crippen molar-refractivity contribution in [1.82, 2.24) is 15.2 Å². The molecule has 2 aliphatic rings. The molecule has 200 valence electrons. The number of nitrogens with two attached hydrogens (primary N) is 1. The van der Waals surface area contributed by atoms with E-state index < -0.39 is 40.8 Å². The summed E-state index contributed by atoms with van der Waals surface area (Å²) >= 11 is 2.40. The van der Waals surface area contributed by atoms with Crippen LogP contribution in [-0.4, -0.2) is 74.3 Å². The second-order valence-corrected chi connectivity index (χ2v) is 10.8. The number of pyridine rings is 1. The number of anilines is 1. The van der Waals surface area contributed by atoms with Crippen LogP contribution in [0.2, 0.25) is 0 Å². The van der Waals surface area contributed by atoms with Gasteiger partial charge in [0.1, 0.15) is 22.8 Å². The van der Waals surface area contributed by atoms with Crippen LogP contribution < -0.4 is 15.6 Å². The SMILES string of the molecule is COC(=O)C(C)(C)ON=C(C(=O)NC1C(=O)N2C(C(=O)O)=C(C[n+]3ccccc3)CSC12)c1csc(N)n1. The fraction of sp³-hybridized carbons (Fsp3) is 0.348. The lowest BCUT2D eigenvalue weighted by molar-refractivity contribution is -0.689. The Morgan fingerprint density at radius 3 is 2.63 bits per heavy atom. The number of methoxy groups -OCH3 is 1. The summed E-state index contributed by atoms with van der Waals surface area (Å²) < 4.78 is 6.50. The average Bonchev–Trinajstić information content (AvgIpc) is 3.32. The smallest absolute Gasteiger partial charge is 0.352 e. The van der Waals surface area contributed by atoms with Crippen LogP contribution in [0.5, 0.6) is 0 Å². The number of nitrogen functional groups attached to an aromatic ring is 1. The standard InChI is InChI=1S/C23H24N6O7S2/c1-23(2,21(34)35-3)36-27-14(13-11-38-22(24)25-13)17(30)26-15-18(31)29-16(20(32)33)12(10-37-19(15)29)9-28-7-5-4-6-8-28/h4-8,11,15,19H,9-10H2,1-3H3,(H3-,24,25,26,30,32,33)/p+1. The van der Waals surface area contributed by atoms with Gasteiger partial charge < -0.3 is 25.7 Å². The summed E-state index contributed by atoms with van der Waals surface area (Å²) in [6.45, 7) is 3.12. The first kappa shape index (κ1) is 27.1. The number of carboxylic acid groups (broad SMARTS) is 1. The molecule has 2 amide bonds. The van der Waals surface area contributed by atoms with E-state index in [0.29, 0.717) is 17.9 Å². The van der Waals surface area contributed by atoms with Gasteiger partial charge >= 0.3 is 11.9 Å². The number of carbonyl (C=O) groups is 4. The molecule has 15 heteroatoms. The van der Waals surface area contributed by atoms with Crippen molar-refractivity contribution in [2.75, 3.05) is 18.6 Å². The fourth-order valence-electron chi connectivity index (χ4n) is 3.82. The molecule has 0 bridgehead atoms. The van der Waals surface area contributed by atoms with Crippen molar-refractivity contribution < 1.29 is 38.4 Å². The van der Waals surface area contributed by atoms with Crippen LogP contribution in [0.3, 0.4) is 0 Å². The zero-order valence-electron chi connectivity index (χ0n) is 20.6. The third-order valence-corrected chi connectivity index (χ3v) is 7.72. The fourth-order valence-corrected chi connectivity index (χ4v) is 5.70. The number of ether oxygens (including phenoxy) is 1. The van der Waals surface area contributed by atoms with Crippen LogP contribution in [-0.2, 0) is 35.3 Å². The monoisotopic (exact) mass is 561 g/mol. The number of aliphatic carboxylic acids is 1. The Bertz CT molecular complexity index is 1340. The molecule has 2 aromatic heterocycles. The number of hydrogen-bond donors (Lipinski definition) is 3. The highest BCUT2D eigenvalue weighted by molar-refractivity contribution is 8.00. The van der Waals surface area contributed by atoms with Crippen molar-refractivity contribution in [3.63, 3.8) is 0 Å². The van der Waals surface area contributed by atoms with E-state index in [2.05, 4.69) is 20.2 Å². The molecule has 0 aromatic carbocycles. The number of nitrogens with zero attached hydrogens (tertiary/aromatic N) is 4. The van der Waals surface area contributed by atoms with Crippen LogP contribution in [0.15, 0.2) is 52.4 Å². The Morgan fingerprint density at radius 1 is 1.32 bits per heavy atom. The molecular formula is C23H25N6O7S2+. The Kier molecular flexibility index (Phi) is 7.68. The van der Waals surface area contributed by atoms with Gasteiger partial charge in [-0.3, -0.25) is 14.5 Å². The van der Waals surface area contributed by atoms with Crippen LogP contribution in [0, 0.1) is 0 Å². The summed E-state index contributed by atoms with van der Waals surface area (Å²) in [6.07, 6.45) is 3.61. The van der Waals surface area contributed by atoms with Gasteiger partial charge in [-0.2, -0.15) is 0 Å². The Balaban J connectivity index is 1.55. The Morgan fingerprint density at radius 2 is 2.03 bits per heavy atom. The predicted molar refractivity (Wildman–Crippen MR) is 137 cm³/mol. The van der Waals surface area contributed by atoms with E-state index in [1.54, 1.807) is 12.4 Å². The third kappa shape index (κ3) is 5.33. The second-order valence-electron chi connectivity index (χ2n) is 8.77. The van der Waals surface area contributed by atoms with Crippen molar-refractivity contribution in [2.24, 2.45) is 5.16 Å². The zero-order chi connectivity index (χ0) is 27.6. The molecule has 13 nitrogen and oxygen atoms in total. The van der Waals surface area contributed by atoms with Crippen LogP contribution in [0.4, 0.5) is 5.13 Å². The van der Waals surface area contributed by atoms with E-state index in [-0.39, 0.29) is 22.2 Å². The number of rotatable bonds is 9. The Hall–Kier alpha value is -3.98. The molecule has 4 rings (SSSR count). The number of thiazole rings is 1. The van der Waals surface area contributed by atoms with Gasteiger partial charge in [-0.1, -0.05) is 11.2 Å². The van der Waals surface area contributed by atoms with Gasteiger partial charge in [-0.15, -0.1) is 23.1 Å². The number of fused-ring (bicyclic) bond motifs is 1. The Labute approximate surface area is 225 Å². The molecule has 1 fully saturated rings. The first-order valence-corrected chi connectivity index (χ1v) is 13.2. The number of hydrogen-bond acceptors (Lipinski definition) is 11. The van der Waals surface area contributed by atoms with E-state index in [4.69, 9.17) is 10.6 Å². The predicted octanol–water partition coefficient (Wildman–Crippen LogP) is 0.124. The number of carboxylic acids is 1. The topological polar surface area (TPSA) is 177 Å². The van der Waals surface area contributed by atoms with Crippen molar-refractivity contribution in [1.29, 1.82) is 0 Å². The van der Waals surface area contributed by atoms with Gasteiger partial charge in [-0.25, -0.2) is 19.1 Å². The van der Waals surface area contributed by atoms with E-state index >= 15 is 0 Å². The number of β-lactam (4-membered cyclic amide) rings is 1. The van der Waals surface area contributed by atoms with Gasteiger partial charge in [0.2, 0.25) is 5.60 Å². The molecule has 4 heterocycles. The van der Waals surface area contributed by atoms with Crippen LogP contribution in [0.1, 0.15) is 19.5 Å². The van der Waals surface area contributed by atoms with E-state index in [9.17, 15) is 24.3 Å². The number of aromatic nitrogens is 2. The quantitative estimate of drug-likeness (QED) is 0.125. The molecule has 0 spiro atoms. The van der Waals surface area contributed by atoms with Crippen LogP contribution >= 0.6 is 23.1 Å². The lowest BCUT2D eigenvalue weighted by Crippen LogP contribution is -2.71. The summed E-state index contributed by atoms with van der Waals surface area (Å²) in [5.74, 6) is -2.97. The van der Waals surface area contributed by atoms with Crippen molar-refractivity contribution in [3.05, 3.63) is 52.9 Å². The average molecular weight is 562 g/mol. The molecule has 0 radical (unpaired) electrons. The molecule has 1 saturated heterocycles. The molecule has 4 N–H and O–H groups in total. The first-order valence-electron chi connectivity index (χ1n) is 11.2.